The lowest BCUT2D eigenvalue weighted by Gasteiger charge is -2.17. The van der Waals surface area contributed by atoms with E-state index in [9.17, 15) is 32.3 Å². The predicted octanol–water partition coefficient (Wildman–Crippen LogP) is 5.71. The van der Waals surface area contributed by atoms with Gasteiger partial charge in [0.25, 0.3) is 5.56 Å². The summed E-state index contributed by atoms with van der Waals surface area (Å²) in [6.07, 6.45) is -4.43. The zero-order valence-corrected chi connectivity index (χ0v) is 33.3. The number of amides is 2. The Hall–Kier alpha value is -7.05. The third-order valence-electron chi connectivity index (χ3n) is 7.09. The van der Waals surface area contributed by atoms with Crippen molar-refractivity contribution in [3.8, 4) is 17.0 Å². The van der Waals surface area contributed by atoms with Crippen LogP contribution in [0, 0.1) is 5.92 Å². The average molecular weight is 828 g/mol. The van der Waals surface area contributed by atoms with E-state index in [1.165, 1.54) is 16.8 Å². The van der Waals surface area contributed by atoms with E-state index in [1.54, 1.807) is 50.2 Å². The maximum absolute atomic E-state index is 13.5. The molecule has 0 aliphatic heterocycles. The molecule has 4 aromatic rings. The van der Waals surface area contributed by atoms with Gasteiger partial charge in [-0.25, -0.2) is 14.6 Å². The number of aliphatic carboxylic acids is 1. The number of alkyl halides is 3. The number of amidine groups is 1. The molecule has 0 saturated heterocycles. The lowest BCUT2D eigenvalue weighted by atomic mass is 10.1. The van der Waals surface area contributed by atoms with E-state index in [1.807, 2.05) is 64.8 Å². The molecule has 0 unspecified atom stereocenters. The summed E-state index contributed by atoms with van der Waals surface area (Å²) in [7, 11) is 0. The molecule has 19 heteroatoms. The number of hydrogen-bond donors (Lipinski definition) is 5. The van der Waals surface area contributed by atoms with E-state index in [0.29, 0.717) is 22.5 Å². The first-order valence-electron chi connectivity index (χ1n) is 17.8. The van der Waals surface area contributed by atoms with Crippen molar-refractivity contribution in [1.82, 2.24) is 14.9 Å². The zero-order chi connectivity index (χ0) is 44.9. The molecular formula is C40H48F3N7O9. The summed E-state index contributed by atoms with van der Waals surface area (Å²) in [5, 5.41) is 13.0. The Morgan fingerprint density at radius 3 is 2.08 bits per heavy atom. The Kier molecular flexibility index (Phi) is 20.8. The van der Waals surface area contributed by atoms with Crippen LogP contribution in [0.2, 0.25) is 0 Å². The second kappa shape index (κ2) is 24.6. The lowest BCUT2D eigenvalue weighted by molar-refractivity contribution is -0.192. The van der Waals surface area contributed by atoms with Crippen molar-refractivity contribution < 1.29 is 51.7 Å². The number of halogens is 3. The first-order valence-corrected chi connectivity index (χ1v) is 17.8. The normalized spacial score (nSPS) is 10.7. The summed E-state index contributed by atoms with van der Waals surface area (Å²) in [4.78, 5) is 76.0. The number of carbonyl (C=O) groups excluding carboxylic acids is 4. The number of anilines is 2. The third-order valence-corrected chi connectivity index (χ3v) is 7.09. The van der Waals surface area contributed by atoms with Crippen LogP contribution < -0.4 is 32.4 Å². The maximum atomic E-state index is 13.5. The number of hydrogen-bond acceptors (Lipinski definition) is 11. The number of benzene rings is 3. The quantitative estimate of drug-likeness (QED) is 0.0378. The molecule has 2 amide bonds. The summed E-state index contributed by atoms with van der Waals surface area (Å²) >= 11 is 0. The summed E-state index contributed by atoms with van der Waals surface area (Å²) in [6, 6.07) is 20.6. The van der Waals surface area contributed by atoms with E-state index in [4.69, 9.17) is 35.6 Å². The van der Waals surface area contributed by atoms with Crippen LogP contribution in [0.4, 0.5) is 29.5 Å². The fourth-order valence-electron chi connectivity index (χ4n) is 4.42. The minimum Gasteiger partial charge on any atom is -0.475 e. The van der Waals surface area contributed by atoms with E-state index < -0.39 is 35.7 Å². The van der Waals surface area contributed by atoms with Crippen LogP contribution in [-0.2, 0) is 43.6 Å². The van der Waals surface area contributed by atoms with Crippen LogP contribution in [0.15, 0.2) is 88.8 Å². The summed E-state index contributed by atoms with van der Waals surface area (Å²) in [5.41, 5.74) is 14.7. The number of nitrogens with one attached hydrogen (secondary N) is 2. The molecule has 3 aromatic carbocycles. The molecule has 318 valence electrons. The molecule has 0 saturated carbocycles. The highest BCUT2D eigenvalue weighted by Crippen LogP contribution is 2.28. The van der Waals surface area contributed by atoms with E-state index in [-0.39, 0.29) is 49.1 Å². The molecule has 0 atom stereocenters. The smallest absolute Gasteiger partial charge is 0.475 e. The SMILES string of the molecule is C=O.CC.CC(C)Nc1ncc(-c2cc(N)cc(OC(=O)C(C)C)c2)n(CC(=O)NCc2ccc(/C(N)=N/C(=O)OCc3ccccc3)cc2)c1=O.O=C(O)C(F)(F)F. The first-order chi connectivity index (χ1) is 27.8. The molecule has 1 aromatic heterocycles. The summed E-state index contributed by atoms with van der Waals surface area (Å²) in [5.74, 6) is -3.74. The summed E-state index contributed by atoms with van der Waals surface area (Å²) in [6.45, 7) is 13.0. The molecule has 59 heavy (non-hydrogen) atoms. The molecule has 4 rings (SSSR count). The molecule has 0 spiro atoms. The van der Waals surface area contributed by atoms with Gasteiger partial charge in [-0.05, 0) is 37.1 Å². The van der Waals surface area contributed by atoms with Gasteiger partial charge < -0.3 is 41.5 Å². The second-order valence-corrected chi connectivity index (χ2v) is 12.4. The van der Waals surface area contributed by atoms with Crippen LogP contribution in [0.3, 0.4) is 0 Å². The monoisotopic (exact) mass is 827 g/mol. The molecule has 1 heterocycles. The number of nitrogens with two attached hydrogens (primary N) is 2. The predicted molar refractivity (Wildman–Crippen MR) is 215 cm³/mol. The van der Waals surface area contributed by atoms with E-state index in [0.717, 1.165) is 11.1 Å². The topological polar surface area (TPSA) is 247 Å². The van der Waals surface area contributed by atoms with Gasteiger partial charge in [0.1, 0.15) is 31.5 Å². The Morgan fingerprint density at radius 2 is 1.54 bits per heavy atom. The van der Waals surface area contributed by atoms with Crippen molar-refractivity contribution in [2.75, 3.05) is 11.1 Å². The maximum Gasteiger partial charge on any atom is 0.490 e. The zero-order valence-electron chi connectivity index (χ0n) is 33.3. The van der Waals surface area contributed by atoms with Gasteiger partial charge in [0.2, 0.25) is 5.91 Å². The van der Waals surface area contributed by atoms with Crippen molar-refractivity contribution in [3.05, 3.63) is 106 Å². The largest absolute Gasteiger partial charge is 0.490 e. The highest BCUT2D eigenvalue weighted by atomic mass is 19.4. The van der Waals surface area contributed by atoms with Crippen molar-refractivity contribution in [2.45, 2.75) is 73.5 Å². The van der Waals surface area contributed by atoms with Crippen molar-refractivity contribution >= 4 is 48.1 Å². The molecule has 0 radical (unpaired) electrons. The van der Waals surface area contributed by atoms with Crippen molar-refractivity contribution in [3.63, 3.8) is 0 Å². The molecule has 0 aliphatic carbocycles. The Bertz CT molecular complexity index is 2090. The minimum absolute atomic E-state index is 0.0114. The van der Waals surface area contributed by atoms with Gasteiger partial charge >= 0.3 is 24.2 Å². The fraction of sp³-hybridized carbons (Fsp3) is 0.300. The Labute approximate surface area is 338 Å². The highest BCUT2D eigenvalue weighted by Gasteiger charge is 2.38. The number of esters is 1. The van der Waals surface area contributed by atoms with Gasteiger partial charge in [0, 0.05) is 35.5 Å². The van der Waals surface area contributed by atoms with Crippen LogP contribution in [0.5, 0.6) is 5.75 Å². The lowest BCUT2D eigenvalue weighted by Crippen LogP contribution is -2.35. The van der Waals surface area contributed by atoms with Gasteiger partial charge in [-0.1, -0.05) is 82.3 Å². The van der Waals surface area contributed by atoms with Crippen molar-refractivity contribution in [1.29, 1.82) is 0 Å². The fourth-order valence-corrected chi connectivity index (χ4v) is 4.42. The molecule has 16 nitrogen and oxygen atoms in total. The van der Waals surface area contributed by atoms with E-state index in [2.05, 4.69) is 20.6 Å². The highest BCUT2D eigenvalue weighted by molar-refractivity contribution is 6.02. The van der Waals surface area contributed by atoms with Crippen molar-refractivity contribution in [2.24, 2.45) is 16.6 Å². The molecule has 0 fully saturated rings. The van der Waals surface area contributed by atoms with Crippen LogP contribution in [-0.4, -0.2) is 63.4 Å². The number of aliphatic imine (C=N–C) groups is 1. The number of nitrogens with zero attached hydrogens (tertiary/aromatic N) is 3. The molecule has 7 N–H and O–H groups in total. The number of ether oxygens (including phenoxy) is 2. The number of rotatable bonds is 12. The standard InChI is InChI=1S/C35H39N7O6.C2HF3O2.C2H6.CH2O/c1-21(2)34(45)48-28-15-26(14-27(36)16-28)29-18-39-32(40-22(3)4)33(44)42(29)19-30(43)38-17-23-10-12-25(13-11-23)31(37)41-35(46)47-20-24-8-6-5-7-9-24;3-2(4,5)1(6)7;2*1-2/h5-16,18,21-22H,17,19-20,36H2,1-4H3,(H,38,43)(H,39,40)(H2,37,41,46);(H,6,7);1-2H3;1H2. The number of carbonyl (C=O) groups is 5. The van der Waals surface area contributed by atoms with Gasteiger partial charge in [0.15, 0.2) is 5.82 Å². The number of aromatic nitrogens is 2. The number of nitrogen functional groups attached to an aromatic ring is 1. The Balaban J connectivity index is 0.00000141. The first kappa shape index (κ1) is 50.0. The van der Waals surface area contributed by atoms with Crippen LogP contribution in [0.25, 0.3) is 11.3 Å². The van der Waals surface area contributed by atoms with Gasteiger partial charge in [-0.2, -0.15) is 18.2 Å². The van der Waals surface area contributed by atoms with Gasteiger partial charge in [0.05, 0.1) is 17.8 Å². The second-order valence-electron chi connectivity index (χ2n) is 12.4. The molecule has 0 bridgehead atoms. The van der Waals surface area contributed by atoms with Gasteiger partial charge in [-0.3, -0.25) is 19.0 Å². The summed E-state index contributed by atoms with van der Waals surface area (Å²) < 4.78 is 43.6. The van der Waals surface area contributed by atoms with Crippen LogP contribution >= 0.6 is 0 Å². The number of carboxylic acid groups (broad SMARTS) is 1. The molecular weight excluding hydrogens is 779 g/mol. The number of carboxylic acids is 1. The molecule has 0 aliphatic rings. The van der Waals surface area contributed by atoms with Gasteiger partial charge in [-0.15, -0.1) is 0 Å². The minimum atomic E-state index is -5.08. The third kappa shape index (κ3) is 17.3. The Morgan fingerprint density at radius 1 is 0.949 bits per heavy atom. The van der Waals surface area contributed by atoms with Crippen LogP contribution in [0.1, 0.15) is 58.2 Å². The average Bonchev–Trinajstić information content (AvgIpc) is 3.19. The van der Waals surface area contributed by atoms with E-state index >= 15 is 0 Å².